The van der Waals surface area contributed by atoms with Crippen molar-refractivity contribution in [2.45, 2.75) is 43.7 Å². The molecule has 43 heavy (non-hydrogen) atoms. The van der Waals surface area contributed by atoms with Gasteiger partial charge in [-0.3, -0.25) is 14.8 Å². The minimum atomic E-state index is -0.687. The van der Waals surface area contributed by atoms with E-state index in [2.05, 4.69) is 21.7 Å². The second-order valence-electron chi connectivity index (χ2n) is 10.9. The largest absolute Gasteiger partial charge is 0.375 e. The van der Waals surface area contributed by atoms with Gasteiger partial charge >= 0.3 is 0 Å². The first-order valence-corrected chi connectivity index (χ1v) is 14.4. The molecule has 1 saturated heterocycles. The standard InChI is InChI=1S/C34H31F3N4O2/c35-23-10-8-21(9-11-23)27(25-14-15-38-19-29(25)37)17-34(42)41-31-7-3-5-28(36)26(31)13-12-24-18-39-33(20-43-24)32-16-22-4-1-2-6-30(22)40-32/h1-11,14-15,19,24,27,33,39H,12-13,16-18,20H2,(H,41,42)/t24-,27+,33+/m1/s1. The first-order chi connectivity index (χ1) is 20.9. The van der Waals surface area contributed by atoms with Crippen molar-refractivity contribution in [3.63, 3.8) is 0 Å². The minimum Gasteiger partial charge on any atom is -0.375 e. The zero-order valence-corrected chi connectivity index (χ0v) is 23.4. The van der Waals surface area contributed by atoms with Crippen molar-refractivity contribution in [1.29, 1.82) is 0 Å². The Morgan fingerprint density at radius 2 is 1.84 bits per heavy atom. The smallest absolute Gasteiger partial charge is 0.225 e. The van der Waals surface area contributed by atoms with Crippen molar-refractivity contribution in [2.24, 2.45) is 4.99 Å². The molecular weight excluding hydrogens is 553 g/mol. The molecule has 0 aliphatic carbocycles. The third-order valence-corrected chi connectivity index (χ3v) is 8.07. The fourth-order valence-corrected chi connectivity index (χ4v) is 5.78. The minimum absolute atomic E-state index is 0.0336. The summed E-state index contributed by atoms with van der Waals surface area (Å²) >= 11 is 0. The van der Waals surface area contributed by atoms with E-state index >= 15 is 4.39 Å². The number of hydrogen-bond donors (Lipinski definition) is 2. The summed E-state index contributed by atoms with van der Waals surface area (Å²) in [6.45, 7) is 1.09. The molecule has 2 aliphatic rings. The number of aliphatic imine (C=N–C) groups is 1. The number of carbonyl (C=O) groups excluding carboxylic acids is 1. The molecule has 0 spiro atoms. The van der Waals surface area contributed by atoms with Gasteiger partial charge in [0, 0.05) is 48.5 Å². The van der Waals surface area contributed by atoms with Crippen LogP contribution in [0, 0.1) is 17.5 Å². The van der Waals surface area contributed by atoms with E-state index in [4.69, 9.17) is 9.73 Å². The van der Waals surface area contributed by atoms with Crippen molar-refractivity contribution in [3.8, 4) is 0 Å². The van der Waals surface area contributed by atoms with Gasteiger partial charge in [-0.25, -0.2) is 13.2 Å². The molecule has 0 radical (unpaired) electrons. The number of pyridine rings is 1. The zero-order chi connectivity index (χ0) is 29.8. The molecule has 6 rings (SSSR count). The highest BCUT2D eigenvalue weighted by atomic mass is 19.1. The summed E-state index contributed by atoms with van der Waals surface area (Å²) in [6.07, 6.45) is 3.98. The van der Waals surface area contributed by atoms with E-state index < -0.39 is 29.3 Å². The van der Waals surface area contributed by atoms with E-state index in [0.29, 0.717) is 42.8 Å². The lowest BCUT2D eigenvalue weighted by Gasteiger charge is -2.30. The van der Waals surface area contributed by atoms with Gasteiger partial charge in [-0.05, 0) is 65.9 Å². The average Bonchev–Trinajstić information content (AvgIpc) is 3.45. The molecule has 1 amide bonds. The second-order valence-corrected chi connectivity index (χ2v) is 10.9. The van der Waals surface area contributed by atoms with Crippen LogP contribution in [-0.4, -0.2) is 41.9 Å². The molecule has 0 saturated carbocycles. The summed E-state index contributed by atoms with van der Waals surface area (Å²) in [5.41, 5.74) is 4.86. The predicted octanol–water partition coefficient (Wildman–Crippen LogP) is 6.28. The summed E-state index contributed by atoms with van der Waals surface area (Å²) in [5, 5.41) is 6.36. The average molecular weight is 585 g/mol. The fraction of sp³-hybridized carbons (Fsp3) is 0.265. The number of benzene rings is 3. The van der Waals surface area contributed by atoms with Crippen LogP contribution in [0.5, 0.6) is 0 Å². The maximum atomic E-state index is 15.0. The maximum Gasteiger partial charge on any atom is 0.225 e. The third kappa shape index (κ3) is 6.68. The Balaban J connectivity index is 1.09. The third-order valence-electron chi connectivity index (χ3n) is 8.07. The van der Waals surface area contributed by atoms with Crippen LogP contribution in [0.1, 0.15) is 41.0 Å². The van der Waals surface area contributed by atoms with E-state index in [9.17, 15) is 13.6 Å². The van der Waals surface area contributed by atoms with Gasteiger partial charge in [0.15, 0.2) is 0 Å². The van der Waals surface area contributed by atoms with Crippen molar-refractivity contribution in [2.75, 3.05) is 18.5 Å². The van der Waals surface area contributed by atoms with Crippen molar-refractivity contribution < 1.29 is 22.7 Å². The normalized spacial score (nSPS) is 18.5. The lowest BCUT2D eigenvalue weighted by atomic mass is 9.88. The van der Waals surface area contributed by atoms with E-state index in [0.717, 1.165) is 24.0 Å². The number of aromatic nitrogens is 1. The molecule has 1 fully saturated rings. The molecule has 0 bridgehead atoms. The van der Waals surface area contributed by atoms with Crippen molar-refractivity contribution in [1.82, 2.24) is 10.3 Å². The summed E-state index contributed by atoms with van der Waals surface area (Å²) < 4.78 is 49.5. The van der Waals surface area contributed by atoms with Crippen LogP contribution in [-0.2, 0) is 22.4 Å². The number of fused-ring (bicyclic) bond motifs is 1. The number of nitrogens with one attached hydrogen (secondary N) is 2. The Labute approximate surface area is 248 Å². The number of rotatable bonds is 9. The number of carbonyl (C=O) groups is 1. The molecule has 0 unspecified atom stereocenters. The second kappa shape index (κ2) is 12.9. The molecule has 3 aromatic carbocycles. The molecule has 9 heteroatoms. The molecule has 220 valence electrons. The van der Waals surface area contributed by atoms with Crippen LogP contribution < -0.4 is 10.6 Å². The number of hydrogen-bond acceptors (Lipinski definition) is 5. The van der Waals surface area contributed by atoms with Crippen molar-refractivity contribution >= 4 is 23.0 Å². The predicted molar refractivity (Wildman–Crippen MR) is 159 cm³/mol. The van der Waals surface area contributed by atoms with Gasteiger partial charge in [0.1, 0.15) is 17.5 Å². The Hall–Kier alpha value is -4.34. The number of ether oxygens (including phenoxy) is 1. The topological polar surface area (TPSA) is 75.6 Å². The first-order valence-electron chi connectivity index (χ1n) is 14.4. The van der Waals surface area contributed by atoms with Gasteiger partial charge in [0.05, 0.1) is 30.6 Å². The summed E-state index contributed by atoms with van der Waals surface area (Å²) in [5.74, 6) is -2.53. The maximum absolute atomic E-state index is 15.0. The van der Waals surface area contributed by atoms with Gasteiger partial charge in [-0.15, -0.1) is 0 Å². The fourth-order valence-electron chi connectivity index (χ4n) is 5.78. The molecule has 3 atom stereocenters. The SMILES string of the molecule is O=C(C[C@@H](c1ccc(F)cc1)c1ccncc1F)Nc1cccc(F)c1CC[C@@H]1CN[C@H](C2=Nc3ccccc3C2)CO1. The van der Waals surface area contributed by atoms with Gasteiger partial charge in [-0.1, -0.05) is 36.4 Å². The van der Waals surface area contributed by atoms with Crippen LogP contribution >= 0.6 is 0 Å². The summed E-state index contributed by atoms with van der Waals surface area (Å²) in [6, 6.07) is 19.8. The molecule has 6 nitrogen and oxygen atoms in total. The Morgan fingerprint density at radius 3 is 2.60 bits per heavy atom. The van der Waals surface area contributed by atoms with E-state index in [1.54, 1.807) is 6.07 Å². The monoisotopic (exact) mass is 584 g/mol. The van der Waals surface area contributed by atoms with Gasteiger partial charge in [0.2, 0.25) is 5.91 Å². The molecule has 1 aromatic heterocycles. The Kier molecular flexibility index (Phi) is 8.62. The zero-order valence-electron chi connectivity index (χ0n) is 23.4. The lowest BCUT2D eigenvalue weighted by Crippen LogP contribution is -2.50. The first kappa shape index (κ1) is 28.8. The molecule has 3 heterocycles. The quantitative estimate of drug-likeness (QED) is 0.243. The molecule has 2 aliphatic heterocycles. The van der Waals surface area contributed by atoms with Crippen LogP contribution in [0.4, 0.5) is 24.5 Å². The van der Waals surface area contributed by atoms with E-state index in [1.807, 2.05) is 18.2 Å². The van der Waals surface area contributed by atoms with Gasteiger partial charge < -0.3 is 15.4 Å². The highest BCUT2D eigenvalue weighted by molar-refractivity contribution is 5.98. The Morgan fingerprint density at radius 1 is 1.00 bits per heavy atom. The van der Waals surface area contributed by atoms with Crippen LogP contribution in [0.15, 0.2) is 90.2 Å². The number of amides is 1. The highest BCUT2D eigenvalue weighted by Crippen LogP contribution is 2.32. The molecular formula is C34H31F3N4O2. The molecule has 4 aromatic rings. The number of para-hydroxylation sites is 1. The number of halogens is 3. The van der Waals surface area contributed by atoms with Gasteiger partial charge in [-0.2, -0.15) is 0 Å². The van der Waals surface area contributed by atoms with Crippen LogP contribution in [0.3, 0.4) is 0 Å². The van der Waals surface area contributed by atoms with Crippen LogP contribution in [0.2, 0.25) is 0 Å². The van der Waals surface area contributed by atoms with Crippen LogP contribution in [0.25, 0.3) is 0 Å². The Bertz CT molecular complexity index is 1640. The summed E-state index contributed by atoms with van der Waals surface area (Å²) in [4.78, 5) is 21.8. The lowest BCUT2D eigenvalue weighted by molar-refractivity contribution is -0.116. The van der Waals surface area contributed by atoms with Gasteiger partial charge in [0.25, 0.3) is 0 Å². The number of nitrogens with zero attached hydrogens (tertiary/aromatic N) is 2. The number of morpholine rings is 1. The van der Waals surface area contributed by atoms with E-state index in [-0.39, 0.29) is 24.1 Å². The number of anilines is 1. The van der Waals surface area contributed by atoms with E-state index in [1.165, 1.54) is 54.2 Å². The highest BCUT2D eigenvalue weighted by Gasteiger charge is 2.28. The molecule has 2 N–H and O–H groups in total. The summed E-state index contributed by atoms with van der Waals surface area (Å²) in [7, 11) is 0. The van der Waals surface area contributed by atoms with Crippen molar-refractivity contribution in [3.05, 3.63) is 125 Å².